The van der Waals surface area contributed by atoms with Crippen LogP contribution in [-0.2, 0) is 32.1 Å². The van der Waals surface area contributed by atoms with Gasteiger partial charge in [0.05, 0.1) is 0 Å². The van der Waals surface area contributed by atoms with Crippen LogP contribution >= 0.6 is 0 Å². The van der Waals surface area contributed by atoms with Gasteiger partial charge >= 0.3 is 12.1 Å². The van der Waals surface area contributed by atoms with E-state index in [9.17, 15) is 14.4 Å². The van der Waals surface area contributed by atoms with Gasteiger partial charge in [-0.1, -0.05) is 60.7 Å². The van der Waals surface area contributed by atoms with E-state index in [1.165, 1.54) is 6.92 Å². The van der Waals surface area contributed by atoms with Crippen molar-refractivity contribution in [2.75, 3.05) is 0 Å². The Hall–Kier alpha value is -3.35. The molecule has 7 nitrogen and oxygen atoms in total. The SMILES string of the molecule is CC(OC(=O)C(Cc1ccccc1)NC(=O)OCc1ccccc1)C(N)=O. The van der Waals surface area contributed by atoms with Crippen LogP contribution in [0.2, 0.25) is 0 Å². The molecule has 2 amide bonds. The van der Waals surface area contributed by atoms with Gasteiger partial charge in [0.15, 0.2) is 6.10 Å². The Morgan fingerprint density at radius 2 is 1.52 bits per heavy atom. The minimum absolute atomic E-state index is 0.0669. The fourth-order valence-electron chi connectivity index (χ4n) is 2.26. The van der Waals surface area contributed by atoms with E-state index in [2.05, 4.69) is 5.32 Å². The fraction of sp³-hybridized carbons (Fsp3) is 0.250. The highest BCUT2D eigenvalue weighted by Gasteiger charge is 2.26. The minimum Gasteiger partial charge on any atom is -0.451 e. The summed E-state index contributed by atoms with van der Waals surface area (Å²) in [5, 5.41) is 2.49. The van der Waals surface area contributed by atoms with E-state index < -0.39 is 30.1 Å². The van der Waals surface area contributed by atoms with E-state index in [1.807, 2.05) is 60.7 Å². The molecule has 0 radical (unpaired) electrons. The molecule has 2 aromatic carbocycles. The third kappa shape index (κ3) is 6.81. The fourth-order valence-corrected chi connectivity index (χ4v) is 2.26. The number of esters is 1. The number of hydrogen-bond acceptors (Lipinski definition) is 5. The molecule has 27 heavy (non-hydrogen) atoms. The molecule has 0 heterocycles. The van der Waals surface area contributed by atoms with Gasteiger partial charge in [0.25, 0.3) is 5.91 Å². The molecule has 7 heteroatoms. The van der Waals surface area contributed by atoms with Gasteiger partial charge in [-0.3, -0.25) is 4.79 Å². The third-order valence-corrected chi connectivity index (χ3v) is 3.77. The average Bonchev–Trinajstić information content (AvgIpc) is 2.67. The largest absolute Gasteiger partial charge is 0.451 e. The van der Waals surface area contributed by atoms with Crippen LogP contribution in [0.1, 0.15) is 18.1 Å². The maximum absolute atomic E-state index is 12.4. The number of carbonyl (C=O) groups excluding carboxylic acids is 3. The van der Waals surface area contributed by atoms with Crippen LogP contribution in [0.15, 0.2) is 60.7 Å². The van der Waals surface area contributed by atoms with Gasteiger partial charge < -0.3 is 20.5 Å². The molecule has 142 valence electrons. The smallest absolute Gasteiger partial charge is 0.408 e. The Labute approximate surface area is 157 Å². The molecule has 0 spiro atoms. The predicted octanol–water partition coefficient (Wildman–Crippen LogP) is 1.94. The highest BCUT2D eigenvalue weighted by atomic mass is 16.6. The second-order valence-electron chi connectivity index (χ2n) is 5.93. The van der Waals surface area contributed by atoms with Gasteiger partial charge in [-0.25, -0.2) is 9.59 Å². The lowest BCUT2D eigenvalue weighted by atomic mass is 10.1. The number of hydrogen-bond donors (Lipinski definition) is 2. The Morgan fingerprint density at radius 3 is 2.07 bits per heavy atom. The first-order chi connectivity index (χ1) is 13.0. The standard InChI is InChI=1S/C20H22N2O5/c1-14(18(21)23)27-19(24)17(12-15-8-4-2-5-9-15)22-20(25)26-13-16-10-6-3-7-11-16/h2-11,14,17H,12-13H2,1H3,(H2,21,23)(H,22,25). The predicted molar refractivity (Wildman–Crippen MR) is 98.4 cm³/mol. The number of carbonyl (C=O) groups is 3. The Balaban J connectivity index is 2.00. The molecule has 2 rings (SSSR count). The average molecular weight is 370 g/mol. The van der Waals surface area contributed by atoms with Crippen molar-refractivity contribution in [2.45, 2.75) is 32.1 Å². The van der Waals surface area contributed by atoms with Crippen LogP contribution in [0.5, 0.6) is 0 Å². The first-order valence-corrected chi connectivity index (χ1v) is 8.46. The lowest BCUT2D eigenvalue weighted by Crippen LogP contribution is -2.45. The summed E-state index contributed by atoms with van der Waals surface area (Å²) < 4.78 is 10.2. The molecule has 0 aliphatic carbocycles. The van der Waals surface area contributed by atoms with Crippen LogP contribution in [0, 0.1) is 0 Å². The van der Waals surface area contributed by atoms with Crippen molar-refractivity contribution in [3.63, 3.8) is 0 Å². The van der Waals surface area contributed by atoms with Crippen LogP contribution < -0.4 is 11.1 Å². The third-order valence-electron chi connectivity index (χ3n) is 3.77. The van der Waals surface area contributed by atoms with Crippen LogP contribution in [-0.4, -0.2) is 30.1 Å². The number of amides is 2. The van der Waals surface area contributed by atoms with Crippen molar-refractivity contribution in [3.05, 3.63) is 71.8 Å². The van der Waals surface area contributed by atoms with Gasteiger partial charge in [-0.05, 0) is 18.1 Å². The van der Waals surface area contributed by atoms with Crippen molar-refractivity contribution < 1.29 is 23.9 Å². The number of primary amides is 1. The van der Waals surface area contributed by atoms with E-state index in [-0.39, 0.29) is 13.0 Å². The molecule has 0 fully saturated rings. The lowest BCUT2D eigenvalue weighted by molar-refractivity contribution is -0.155. The summed E-state index contributed by atoms with van der Waals surface area (Å²) in [7, 11) is 0. The highest BCUT2D eigenvalue weighted by molar-refractivity contribution is 5.85. The Kier molecular flexibility index (Phi) is 7.37. The van der Waals surface area contributed by atoms with E-state index in [0.717, 1.165) is 11.1 Å². The molecule has 0 aliphatic heterocycles. The number of nitrogens with two attached hydrogens (primary N) is 1. The van der Waals surface area contributed by atoms with Crippen molar-refractivity contribution in [2.24, 2.45) is 5.73 Å². The zero-order valence-electron chi connectivity index (χ0n) is 15.0. The highest BCUT2D eigenvalue weighted by Crippen LogP contribution is 2.07. The van der Waals surface area contributed by atoms with Crippen LogP contribution in [0.4, 0.5) is 4.79 Å². The maximum Gasteiger partial charge on any atom is 0.408 e. The first-order valence-electron chi connectivity index (χ1n) is 8.46. The summed E-state index contributed by atoms with van der Waals surface area (Å²) in [6, 6.07) is 17.2. The van der Waals surface area contributed by atoms with E-state index in [1.54, 1.807) is 0 Å². The number of alkyl carbamates (subject to hydrolysis) is 1. The molecule has 3 N–H and O–H groups in total. The summed E-state index contributed by atoms with van der Waals surface area (Å²) in [4.78, 5) is 35.6. The normalized spacial score (nSPS) is 12.5. The molecule has 0 aliphatic rings. The second-order valence-corrected chi connectivity index (χ2v) is 5.93. The minimum atomic E-state index is -1.10. The molecule has 2 aromatic rings. The summed E-state index contributed by atoms with van der Waals surface area (Å²) in [6.07, 6.45) is -1.67. The topological polar surface area (TPSA) is 108 Å². The Morgan fingerprint density at radius 1 is 0.963 bits per heavy atom. The molecule has 2 atom stereocenters. The van der Waals surface area contributed by atoms with E-state index in [4.69, 9.17) is 15.2 Å². The van der Waals surface area contributed by atoms with Crippen LogP contribution in [0.25, 0.3) is 0 Å². The van der Waals surface area contributed by atoms with Gasteiger partial charge in [0, 0.05) is 6.42 Å². The quantitative estimate of drug-likeness (QED) is 0.691. The monoisotopic (exact) mass is 370 g/mol. The van der Waals surface area contributed by atoms with Crippen molar-refractivity contribution in [3.8, 4) is 0 Å². The molecule has 0 bridgehead atoms. The summed E-state index contributed by atoms with van der Waals surface area (Å²) in [5.41, 5.74) is 6.75. The number of ether oxygens (including phenoxy) is 2. The van der Waals surface area contributed by atoms with Crippen molar-refractivity contribution in [1.82, 2.24) is 5.32 Å². The zero-order chi connectivity index (χ0) is 19.6. The zero-order valence-corrected chi connectivity index (χ0v) is 15.0. The van der Waals surface area contributed by atoms with Gasteiger partial charge in [0.1, 0.15) is 12.6 Å². The number of rotatable bonds is 8. The molecule has 0 saturated heterocycles. The summed E-state index contributed by atoms with van der Waals surface area (Å²) >= 11 is 0. The molecule has 2 unspecified atom stereocenters. The summed E-state index contributed by atoms with van der Waals surface area (Å²) in [5.74, 6) is -1.53. The molecule has 0 aromatic heterocycles. The molecular formula is C20H22N2O5. The van der Waals surface area contributed by atoms with Crippen molar-refractivity contribution >= 4 is 18.0 Å². The summed E-state index contributed by atoms with van der Waals surface area (Å²) in [6.45, 7) is 1.44. The first kappa shape index (κ1) is 20.0. The van der Waals surface area contributed by atoms with Gasteiger partial charge in [0.2, 0.25) is 0 Å². The molecule has 0 saturated carbocycles. The number of nitrogens with one attached hydrogen (secondary N) is 1. The Bertz CT molecular complexity index is 764. The van der Waals surface area contributed by atoms with E-state index >= 15 is 0 Å². The van der Waals surface area contributed by atoms with Gasteiger partial charge in [-0.2, -0.15) is 0 Å². The van der Waals surface area contributed by atoms with Gasteiger partial charge in [-0.15, -0.1) is 0 Å². The maximum atomic E-state index is 12.4. The van der Waals surface area contributed by atoms with Crippen LogP contribution in [0.3, 0.4) is 0 Å². The lowest BCUT2D eigenvalue weighted by Gasteiger charge is -2.19. The second kappa shape index (κ2) is 9.96. The van der Waals surface area contributed by atoms with Crippen molar-refractivity contribution in [1.29, 1.82) is 0 Å². The number of benzene rings is 2. The van der Waals surface area contributed by atoms with E-state index in [0.29, 0.717) is 0 Å². The molecular weight excluding hydrogens is 348 g/mol.